The van der Waals surface area contributed by atoms with Crippen molar-refractivity contribution in [2.24, 2.45) is 0 Å². The first-order valence-corrected chi connectivity index (χ1v) is 5.18. The maximum atomic E-state index is 13.4. The van der Waals surface area contributed by atoms with E-state index >= 15 is 0 Å². The molecule has 0 aliphatic carbocycles. The van der Waals surface area contributed by atoms with E-state index in [9.17, 15) is 4.39 Å². The second kappa shape index (κ2) is 3.70. The average molecular weight is 193 g/mol. The molecule has 0 radical (unpaired) electrons. The van der Waals surface area contributed by atoms with Gasteiger partial charge in [0.05, 0.1) is 0 Å². The zero-order valence-electron chi connectivity index (χ0n) is 8.68. The highest BCUT2D eigenvalue weighted by atomic mass is 19.1. The third-order valence-corrected chi connectivity index (χ3v) is 2.82. The summed E-state index contributed by atoms with van der Waals surface area (Å²) in [7, 11) is 0. The van der Waals surface area contributed by atoms with E-state index < -0.39 is 6.30 Å². The smallest absolute Gasteiger partial charge is 0.177 e. The largest absolute Gasteiger partial charge is 0.284 e. The second-order valence-corrected chi connectivity index (χ2v) is 4.18. The Bertz CT molecular complexity index is 333. The van der Waals surface area contributed by atoms with E-state index in [0.29, 0.717) is 5.92 Å². The van der Waals surface area contributed by atoms with Gasteiger partial charge >= 0.3 is 0 Å². The zero-order chi connectivity index (χ0) is 10.1. The minimum absolute atomic E-state index is 0.522. The predicted molar refractivity (Wildman–Crippen MR) is 56.1 cm³/mol. The molecule has 0 amide bonds. The first-order valence-electron chi connectivity index (χ1n) is 5.18. The lowest BCUT2D eigenvalue weighted by Gasteiger charge is -2.22. The molecule has 2 heteroatoms. The van der Waals surface area contributed by atoms with E-state index in [2.05, 4.69) is 25.2 Å². The summed E-state index contributed by atoms with van der Waals surface area (Å²) < 4.78 is 13.4. The van der Waals surface area contributed by atoms with E-state index in [4.69, 9.17) is 0 Å². The third kappa shape index (κ3) is 1.67. The predicted octanol–water partition coefficient (Wildman–Crippen LogP) is 2.92. The number of alkyl halides is 1. The van der Waals surface area contributed by atoms with Gasteiger partial charge in [-0.1, -0.05) is 32.0 Å². The fraction of sp³-hybridized carbons (Fsp3) is 0.500. The van der Waals surface area contributed by atoms with E-state index in [1.165, 1.54) is 11.1 Å². The fourth-order valence-corrected chi connectivity index (χ4v) is 1.89. The van der Waals surface area contributed by atoms with Gasteiger partial charge in [-0.25, -0.2) is 4.39 Å². The molecule has 0 saturated heterocycles. The van der Waals surface area contributed by atoms with Crippen molar-refractivity contribution < 1.29 is 4.39 Å². The fourth-order valence-electron chi connectivity index (χ4n) is 1.89. The highest BCUT2D eigenvalue weighted by molar-refractivity contribution is 5.36. The van der Waals surface area contributed by atoms with Crippen LogP contribution in [0.5, 0.6) is 0 Å². The van der Waals surface area contributed by atoms with E-state index in [1.54, 1.807) is 0 Å². The molecule has 1 aliphatic heterocycles. The Labute approximate surface area is 84.3 Å². The molecule has 2 rings (SSSR count). The molecular weight excluding hydrogens is 177 g/mol. The Balaban J connectivity index is 2.39. The van der Waals surface area contributed by atoms with Crippen LogP contribution in [-0.2, 0) is 6.42 Å². The quantitative estimate of drug-likeness (QED) is 0.676. The Hall–Kier alpha value is -0.890. The van der Waals surface area contributed by atoms with Gasteiger partial charge in [-0.05, 0) is 23.5 Å². The monoisotopic (exact) mass is 193 g/mol. The topological polar surface area (TPSA) is 12.0 Å². The summed E-state index contributed by atoms with van der Waals surface area (Å²) in [5, 5.41) is 2.82. The standard InChI is InChI=1S/C12H16FN/c1-8(2)9-3-4-11-10(7-9)5-6-14-12(11)13/h3-4,7-8,12,14H,5-6H2,1-2H3. The summed E-state index contributed by atoms with van der Waals surface area (Å²) in [6.45, 7) is 5.07. The Morgan fingerprint density at radius 2 is 2.21 bits per heavy atom. The molecule has 0 aromatic heterocycles. The van der Waals surface area contributed by atoms with Gasteiger partial charge in [0, 0.05) is 12.1 Å². The van der Waals surface area contributed by atoms with Crippen LogP contribution in [-0.4, -0.2) is 6.54 Å². The van der Waals surface area contributed by atoms with Crippen LogP contribution >= 0.6 is 0 Å². The molecule has 1 heterocycles. The van der Waals surface area contributed by atoms with Gasteiger partial charge in [-0.2, -0.15) is 0 Å². The number of hydrogen-bond acceptors (Lipinski definition) is 1. The van der Waals surface area contributed by atoms with Crippen LogP contribution in [0.2, 0.25) is 0 Å². The molecule has 1 aromatic carbocycles. The van der Waals surface area contributed by atoms with Gasteiger partial charge < -0.3 is 0 Å². The van der Waals surface area contributed by atoms with Crippen LogP contribution in [0.25, 0.3) is 0 Å². The number of nitrogens with one attached hydrogen (secondary N) is 1. The molecule has 1 N–H and O–H groups in total. The van der Waals surface area contributed by atoms with Gasteiger partial charge in [0.15, 0.2) is 6.30 Å². The van der Waals surface area contributed by atoms with Gasteiger partial charge in [0.25, 0.3) is 0 Å². The third-order valence-electron chi connectivity index (χ3n) is 2.82. The molecule has 0 bridgehead atoms. The lowest BCUT2D eigenvalue weighted by Crippen LogP contribution is -2.27. The zero-order valence-corrected chi connectivity index (χ0v) is 8.68. The Morgan fingerprint density at radius 3 is 2.93 bits per heavy atom. The molecule has 0 fully saturated rings. The molecular formula is C12H16FN. The van der Waals surface area contributed by atoms with Crippen LogP contribution in [0.4, 0.5) is 4.39 Å². The Kier molecular flexibility index (Phi) is 2.55. The molecule has 1 atom stereocenters. The highest BCUT2D eigenvalue weighted by Gasteiger charge is 2.18. The molecule has 1 nitrogen and oxygen atoms in total. The molecule has 0 saturated carbocycles. The van der Waals surface area contributed by atoms with Crippen molar-refractivity contribution in [3.8, 4) is 0 Å². The van der Waals surface area contributed by atoms with Crippen molar-refractivity contribution in [3.05, 3.63) is 34.9 Å². The molecule has 1 unspecified atom stereocenters. The summed E-state index contributed by atoms with van der Waals surface area (Å²) in [5.74, 6) is 0.522. The normalized spacial score (nSPS) is 21.0. The first-order chi connectivity index (χ1) is 6.68. The first kappa shape index (κ1) is 9.66. The Morgan fingerprint density at radius 1 is 1.43 bits per heavy atom. The van der Waals surface area contributed by atoms with Crippen LogP contribution in [0, 0.1) is 0 Å². The number of rotatable bonds is 1. The van der Waals surface area contributed by atoms with Crippen molar-refractivity contribution in [1.29, 1.82) is 0 Å². The van der Waals surface area contributed by atoms with E-state index in [1.807, 2.05) is 12.1 Å². The molecule has 1 aromatic rings. The summed E-state index contributed by atoms with van der Waals surface area (Å²) in [6, 6.07) is 6.10. The summed E-state index contributed by atoms with van der Waals surface area (Å²) in [6.07, 6.45) is -0.0315. The van der Waals surface area contributed by atoms with Crippen LogP contribution < -0.4 is 5.32 Å². The van der Waals surface area contributed by atoms with Gasteiger partial charge in [0.2, 0.25) is 0 Å². The SMILES string of the molecule is CC(C)c1ccc2c(c1)CCNC2F. The molecule has 14 heavy (non-hydrogen) atoms. The lowest BCUT2D eigenvalue weighted by atomic mass is 9.93. The minimum atomic E-state index is -0.972. The van der Waals surface area contributed by atoms with E-state index in [-0.39, 0.29) is 0 Å². The maximum absolute atomic E-state index is 13.4. The van der Waals surface area contributed by atoms with Gasteiger partial charge in [-0.3, -0.25) is 5.32 Å². The van der Waals surface area contributed by atoms with Crippen LogP contribution in [0.15, 0.2) is 18.2 Å². The minimum Gasteiger partial charge on any atom is -0.284 e. The summed E-state index contributed by atoms with van der Waals surface area (Å²) >= 11 is 0. The molecule has 0 spiro atoms. The second-order valence-electron chi connectivity index (χ2n) is 4.18. The average Bonchev–Trinajstić information content (AvgIpc) is 2.17. The highest BCUT2D eigenvalue weighted by Crippen LogP contribution is 2.27. The maximum Gasteiger partial charge on any atom is 0.177 e. The lowest BCUT2D eigenvalue weighted by molar-refractivity contribution is 0.269. The van der Waals surface area contributed by atoms with Crippen LogP contribution in [0.3, 0.4) is 0 Å². The number of halogens is 1. The van der Waals surface area contributed by atoms with Crippen molar-refractivity contribution in [2.75, 3.05) is 6.54 Å². The molecule has 76 valence electrons. The van der Waals surface area contributed by atoms with Crippen molar-refractivity contribution in [2.45, 2.75) is 32.5 Å². The van der Waals surface area contributed by atoms with Gasteiger partial charge in [0.1, 0.15) is 0 Å². The summed E-state index contributed by atoms with van der Waals surface area (Å²) in [4.78, 5) is 0. The number of hydrogen-bond donors (Lipinski definition) is 1. The molecule has 1 aliphatic rings. The summed E-state index contributed by atoms with van der Waals surface area (Å²) in [5.41, 5.74) is 3.29. The van der Waals surface area contributed by atoms with Crippen molar-refractivity contribution >= 4 is 0 Å². The number of fused-ring (bicyclic) bond motifs is 1. The van der Waals surface area contributed by atoms with Crippen molar-refractivity contribution in [1.82, 2.24) is 5.32 Å². The van der Waals surface area contributed by atoms with Crippen LogP contribution in [0.1, 0.15) is 42.8 Å². The van der Waals surface area contributed by atoms with Crippen molar-refractivity contribution in [3.63, 3.8) is 0 Å². The van der Waals surface area contributed by atoms with E-state index in [0.717, 1.165) is 18.5 Å². The number of benzene rings is 1. The van der Waals surface area contributed by atoms with Gasteiger partial charge in [-0.15, -0.1) is 0 Å².